The van der Waals surface area contributed by atoms with Crippen LogP contribution in [0.2, 0.25) is 0 Å². The molecule has 4 rings (SSSR count). The van der Waals surface area contributed by atoms with Crippen LogP contribution in [0.25, 0.3) is 10.2 Å². The van der Waals surface area contributed by atoms with Gasteiger partial charge in [0.25, 0.3) is 0 Å². The summed E-state index contributed by atoms with van der Waals surface area (Å²) in [6, 6.07) is 15.2. The molecule has 3 aromatic rings. The summed E-state index contributed by atoms with van der Waals surface area (Å²) in [7, 11) is -3.52. The molecule has 1 aliphatic heterocycles. The smallest absolute Gasteiger partial charge is 0.240 e. The van der Waals surface area contributed by atoms with Crippen LogP contribution in [0.4, 0.5) is 0 Å². The molecule has 0 amide bonds. The van der Waals surface area contributed by atoms with Crippen molar-refractivity contribution in [2.24, 2.45) is 0 Å². The number of benzene rings is 2. The minimum absolute atomic E-state index is 0. The van der Waals surface area contributed by atoms with Crippen LogP contribution in [0, 0.1) is 0 Å². The molecule has 1 atom stereocenters. The first kappa shape index (κ1) is 27.8. The zero-order valence-electron chi connectivity index (χ0n) is 18.2. The molecule has 1 aliphatic rings. The molecule has 2 N–H and O–H groups in total. The van der Waals surface area contributed by atoms with Crippen LogP contribution in [0.5, 0.6) is 5.75 Å². The van der Waals surface area contributed by atoms with Gasteiger partial charge in [0.1, 0.15) is 5.75 Å². The van der Waals surface area contributed by atoms with Gasteiger partial charge in [-0.1, -0.05) is 18.2 Å². The van der Waals surface area contributed by atoms with E-state index < -0.39 is 10.0 Å². The molecule has 7 nitrogen and oxygen atoms in total. The Morgan fingerprint density at radius 2 is 2.00 bits per heavy atom. The van der Waals surface area contributed by atoms with E-state index >= 15 is 0 Å². The molecule has 2 aromatic carbocycles. The highest BCUT2D eigenvalue weighted by Crippen LogP contribution is 2.21. The number of aromatic nitrogens is 1. The highest BCUT2D eigenvalue weighted by atomic mass is 35.5. The van der Waals surface area contributed by atoms with Gasteiger partial charge in [0.05, 0.1) is 27.2 Å². The zero-order valence-corrected chi connectivity index (χ0v) is 21.4. The predicted octanol–water partition coefficient (Wildman–Crippen LogP) is 3.55. The van der Waals surface area contributed by atoms with E-state index in [0.29, 0.717) is 18.0 Å². The van der Waals surface area contributed by atoms with E-state index in [4.69, 9.17) is 4.74 Å². The van der Waals surface area contributed by atoms with E-state index in [2.05, 4.69) is 19.9 Å². The standard InChI is InChI=1S/C22H28N4O3S2.2ClH/c27-31(28,20-7-8-21-22(15-20)30-17-24-21)25-10-9-18-16-26(13-11-23-18)12-4-14-29-19-5-2-1-3-6-19;;/h1-3,5-8,15,17-18,23,25H,4,9-14,16H2;2*1H. The van der Waals surface area contributed by atoms with Crippen molar-refractivity contribution in [1.82, 2.24) is 19.9 Å². The van der Waals surface area contributed by atoms with Crippen molar-refractivity contribution in [2.45, 2.75) is 23.8 Å². The van der Waals surface area contributed by atoms with Gasteiger partial charge in [-0.3, -0.25) is 0 Å². The molecule has 0 saturated carbocycles. The number of halogens is 2. The van der Waals surface area contributed by atoms with E-state index in [1.54, 1.807) is 23.7 Å². The molecule has 1 fully saturated rings. The Balaban J connectivity index is 0.00000193. The number of thiazole rings is 1. The number of rotatable bonds is 10. The molecular weight excluding hydrogens is 503 g/mol. The summed E-state index contributed by atoms with van der Waals surface area (Å²) >= 11 is 1.44. The Bertz CT molecular complexity index is 1080. The van der Waals surface area contributed by atoms with Gasteiger partial charge in [-0.2, -0.15) is 0 Å². The minimum Gasteiger partial charge on any atom is -0.494 e. The SMILES string of the molecule is Cl.Cl.O=S(=O)(NCCC1CN(CCCOc2ccccc2)CCN1)c1ccc2ncsc2c1. The molecule has 33 heavy (non-hydrogen) atoms. The third kappa shape index (κ3) is 8.06. The highest BCUT2D eigenvalue weighted by molar-refractivity contribution is 7.89. The van der Waals surface area contributed by atoms with Crippen LogP contribution >= 0.6 is 36.2 Å². The van der Waals surface area contributed by atoms with Gasteiger partial charge in [0.2, 0.25) is 10.0 Å². The molecule has 11 heteroatoms. The molecule has 0 spiro atoms. The van der Waals surface area contributed by atoms with Crippen molar-refractivity contribution >= 4 is 56.4 Å². The van der Waals surface area contributed by atoms with Crippen molar-refractivity contribution in [1.29, 1.82) is 0 Å². The van der Waals surface area contributed by atoms with Gasteiger partial charge in [0.15, 0.2) is 0 Å². The van der Waals surface area contributed by atoms with Crippen LogP contribution in [-0.4, -0.2) is 63.7 Å². The fourth-order valence-corrected chi connectivity index (χ4v) is 5.60. The van der Waals surface area contributed by atoms with Crippen molar-refractivity contribution < 1.29 is 13.2 Å². The number of hydrogen-bond donors (Lipinski definition) is 2. The number of ether oxygens (including phenoxy) is 1. The second-order valence-electron chi connectivity index (χ2n) is 7.64. The first-order valence-corrected chi connectivity index (χ1v) is 12.9. The fourth-order valence-electron chi connectivity index (χ4n) is 3.74. The number of sulfonamides is 1. The lowest BCUT2D eigenvalue weighted by Gasteiger charge is -2.33. The maximum atomic E-state index is 12.6. The molecule has 1 aromatic heterocycles. The molecule has 0 aliphatic carbocycles. The Kier molecular flexibility index (Phi) is 11.3. The normalized spacial score (nSPS) is 16.7. The van der Waals surface area contributed by atoms with Crippen molar-refractivity contribution in [2.75, 3.05) is 39.3 Å². The lowest BCUT2D eigenvalue weighted by molar-refractivity contribution is 0.179. The second kappa shape index (κ2) is 13.4. The van der Waals surface area contributed by atoms with Crippen molar-refractivity contribution in [3.63, 3.8) is 0 Å². The van der Waals surface area contributed by atoms with E-state index in [1.165, 1.54) is 11.3 Å². The van der Waals surface area contributed by atoms with Gasteiger partial charge in [0, 0.05) is 38.8 Å². The van der Waals surface area contributed by atoms with E-state index in [1.807, 2.05) is 30.3 Å². The summed E-state index contributed by atoms with van der Waals surface area (Å²) in [5.41, 5.74) is 2.55. The topological polar surface area (TPSA) is 83.6 Å². The first-order valence-electron chi connectivity index (χ1n) is 10.6. The summed E-state index contributed by atoms with van der Waals surface area (Å²) in [6.45, 7) is 4.92. The van der Waals surface area contributed by atoms with Crippen LogP contribution in [0.15, 0.2) is 58.9 Å². The fraction of sp³-hybridized carbons (Fsp3) is 0.409. The third-order valence-electron chi connectivity index (χ3n) is 5.37. The number of nitrogens with one attached hydrogen (secondary N) is 2. The van der Waals surface area contributed by atoms with E-state index in [9.17, 15) is 8.42 Å². The summed E-state index contributed by atoms with van der Waals surface area (Å²) in [5, 5.41) is 3.50. The van der Waals surface area contributed by atoms with E-state index in [0.717, 1.165) is 55.0 Å². The van der Waals surface area contributed by atoms with Crippen LogP contribution in [-0.2, 0) is 10.0 Å². The predicted molar refractivity (Wildman–Crippen MR) is 139 cm³/mol. The van der Waals surface area contributed by atoms with Gasteiger partial charge in [-0.05, 0) is 43.2 Å². The average Bonchev–Trinajstić information content (AvgIpc) is 3.26. The number of nitrogens with zero attached hydrogens (tertiary/aromatic N) is 2. The van der Waals surface area contributed by atoms with Crippen molar-refractivity contribution in [3.05, 3.63) is 54.0 Å². The number of hydrogen-bond acceptors (Lipinski definition) is 7. The van der Waals surface area contributed by atoms with Crippen LogP contribution < -0.4 is 14.8 Å². The second-order valence-corrected chi connectivity index (χ2v) is 10.3. The summed E-state index contributed by atoms with van der Waals surface area (Å²) in [4.78, 5) is 6.91. The lowest BCUT2D eigenvalue weighted by atomic mass is 10.1. The maximum Gasteiger partial charge on any atom is 0.240 e. The van der Waals surface area contributed by atoms with Crippen molar-refractivity contribution in [3.8, 4) is 5.75 Å². The molecule has 0 radical (unpaired) electrons. The Labute approximate surface area is 211 Å². The Hall–Kier alpha value is -1.46. The highest BCUT2D eigenvalue weighted by Gasteiger charge is 2.20. The van der Waals surface area contributed by atoms with Gasteiger partial charge in [-0.15, -0.1) is 36.2 Å². The molecular formula is C22H30Cl2N4O3S2. The molecule has 2 heterocycles. The summed E-state index contributed by atoms with van der Waals surface area (Å²) < 4.78 is 34.6. The van der Waals surface area contributed by atoms with Gasteiger partial charge in [-0.25, -0.2) is 18.1 Å². The van der Waals surface area contributed by atoms with Crippen LogP contribution in [0.1, 0.15) is 12.8 Å². The number of piperazine rings is 1. The number of fused-ring (bicyclic) bond motifs is 1. The Morgan fingerprint density at radius 3 is 2.82 bits per heavy atom. The minimum atomic E-state index is -3.52. The van der Waals surface area contributed by atoms with Crippen LogP contribution in [0.3, 0.4) is 0 Å². The average molecular weight is 534 g/mol. The maximum absolute atomic E-state index is 12.6. The molecule has 1 saturated heterocycles. The monoisotopic (exact) mass is 532 g/mol. The zero-order chi connectivity index (χ0) is 21.5. The molecule has 0 bridgehead atoms. The molecule has 1 unspecified atom stereocenters. The summed E-state index contributed by atoms with van der Waals surface area (Å²) in [5.74, 6) is 0.905. The quantitative estimate of drug-likeness (QED) is 0.388. The van der Waals surface area contributed by atoms with E-state index in [-0.39, 0.29) is 30.9 Å². The largest absolute Gasteiger partial charge is 0.494 e. The van der Waals surface area contributed by atoms with Gasteiger partial charge < -0.3 is 15.0 Å². The molecule has 182 valence electrons. The number of para-hydroxylation sites is 1. The lowest BCUT2D eigenvalue weighted by Crippen LogP contribution is -2.51. The third-order valence-corrected chi connectivity index (χ3v) is 7.62. The van der Waals surface area contributed by atoms with Gasteiger partial charge >= 0.3 is 0 Å². The first-order chi connectivity index (χ1) is 15.1. The Morgan fingerprint density at radius 1 is 1.18 bits per heavy atom. The summed E-state index contributed by atoms with van der Waals surface area (Å²) in [6.07, 6.45) is 1.72.